The number of alkyl halides is 3. The number of hydrogen-bond donors (Lipinski definition) is 2. The van der Waals surface area contributed by atoms with E-state index in [1.165, 1.54) is 14.0 Å². The molecule has 0 saturated heterocycles. The number of nitrogens with zero attached hydrogens (tertiary/aromatic N) is 1. The van der Waals surface area contributed by atoms with Gasteiger partial charge in [0.05, 0.1) is 13.2 Å². The molecule has 0 fully saturated rings. The van der Waals surface area contributed by atoms with Gasteiger partial charge in [0, 0.05) is 18.8 Å². The highest BCUT2D eigenvalue weighted by Gasteiger charge is 2.28. The molecule has 1 aromatic rings. The van der Waals surface area contributed by atoms with Crippen LogP contribution in [0.2, 0.25) is 0 Å². The number of pyridine rings is 1. The zero-order valence-corrected chi connectivity index (χ0v) is 11.1. The normalized spacial score (nSPS) is 12.8. The number of nitrogens with one attached hydrogen (secondary N) is 2. The van der Waals surface area contributed by atoms with Gasteiger partial charge in [-0.25, -0.2) is 4.98 Å². The molecule has 1 heterocycles. The van der Waals surface area contributed by atoms with E-state index in [0.717, 1.165) is 5.56 Å². The molecule has 1 atom stereocenters. The lowest BCUT2D eigenvalue weighted by molar-refractivity contribution is -0.139. The third-order valence-corrected chi connectivity index (χ3v) is 2.48. The summed E-state index contributed by atoms with van der Waals surface area (Å²) in [6.07, 6.45) is -2.86. The number of halogens is 3. The van der Waals surface area contributed by atoms with Gasteiger partial charge in [0.1, 0.15) is 6.54 Å². The minimum atomic E-state index is -4.41. The van der Waals surface area contributed by atoms with Crippen LogP contribution in [0.25, 0.3) is 0 Å². The molecule has 0 radical (unpaired) electrons. The second kappa shape index (κ2) is 7.09. The Labute approximate surface area is 114 Å². The first-order valence-electron chi connectivity index (χ1n) is 5.88. The maximum Gasteiger partial charge on any atom is 0.405 e. The summed E-state index contributed by atoms with van der Waals surface area (Å²) in [5, 5.41) is 4.64. The molecule has 2 N–H and O–H groups in total. The largest absolute Gasteiger partial charge is 0.481 e. The van der Waals surface area contributed by atoms with Crippen LogP contribution in [0.15, 0.2) is 18.3 Å². The monoisotopic (exact) mass is 291 g/mol. The number of hydrogen-bond acceptors (Lipinski definition) is 4. The molecule has 0 bridgehead atoms. The zero-order chi connectivity index (χ0) is 15.2. The molecule has 112 valence electrons. The molecule has 1 rings (SSSR count). The smallest absolute Gasteiger partial charge is 0.405 e. The van der Waals surface area contributed by atoms with Crippen molar-refractivity contribution in [1.29, 1.82) is 0 Å². The van der Waals surface area contributed by atoms with Crippen molar-refractivity contribution in [1.82, 2.24) is 15.6 Å². The van der Waals surface area contributed by atoms with Crippen molar-refractivity contribution in [2.45, 2.75) is 25.7 Å². The van der Waals surface area contributed by atoms with E-state index in [1.807, 2.05) is 5.32 Å². The molecule has 0 aliphatic carbocycles. The van der Waals surface area contributed by atoms with Crippen LogP contribution in [-0.4, -0.2) is 36.8 Å². The summed E-state index contributed by atoms with van der Waals surface area (Å²) in [6.45, 7) is 0.477. The lowest BCUT2D eigenvalue weighted by atomic mass is 10.2. The first kappa shape index (κ1) is 16.2. The number of methoxy groups -OCH3 is 1. The van der Waals surface area contributed by atoms with Crippen molar-refractivity contribution in [3.05, 3.63) is 23.9 Å². The number of aromatic nitrogens is 1. The summed E-state index contributed by atoms with van der Waals surface area (Å²) in [4.78, 5) is 15.3. The highest BCUT2D eigenvalue weighted by atomic mass is 19.4. The fraction of sp³-hybridized carbons (Fsp3) is 0.500. The molecular weight excluding hydrogens is 275 g/mol. The Kier molecular flexibility index (Phi) is 5.75. The Hall–Kier alpha value is -1.83. The van der Waals surface area contributed by atoms with E-state index in [0.29, 0.717) is 12.4 Å². The number of rotatable bonds is 6. The van der Waals surface area contributed by atoms with Crippen LogP contribution in [0.4, 0.5) is 13.2 Å². The molecule has 0 aromatic carbocycles. The SMILES string of the molecule is COc1cc(CNC(C)C(=O)NCC(F)(F)F)ccn1. The minimum Gasteiger partial charge on any atom is -0.481 e. The minimum absolute atomic E-state index is 0.319. The van der Waals surface area contributed by atoms with E-state index >= 15 is 0 Å². The first-order valence-corrected chi connectivity index (χ1v) is 5.88. The van der Waals surface area contributed by atoms with E-state index in [9.17, 15) is 18.0 Å². The summed E-state index contributed by atoms with van der Waals surface area (Å²) < 4.78 is 40.8. The van der Waals surface area contributed by atoms with Gasteiger partial charge in [-0.15, -0.1) is 0 Å². The van der Waals surface area contributed by atoms with Crippen LogP contribution < -0.4 is 15.4 Å². The van der Waals surface area contributed by atoms with Gasteiger partial charge in [0.15, 0.2) is 0 Å². The average molecular weight is 291 g/mol. The van der Waals surface area contributed by atoms with Gasteiger partial charge in [0.25, 0.3) is 0 Å². The number of carbonyl (C=O) groups excluding carboxylic acids is 1. The quantitative estimate of drug-likeness (QED) is 0.828. The van der Waals surface area contributed by atoms with Gasteiger partial charge in [-0.3, -0.25) is 4.79 Å². The van der Waals surface area contributed by atoms with Crippen LogP contribution in [0, 0.1) is 0 Å². The Morgan fingerprint density at radius 3 is 2.80 bits per heavy atom. The predicted molar refractivity (Wildman–Crippen MR) is 66.2 cm³/mol. The van der Waals surface area contributed by atoms with Crippen molar-refractivity contribution in [3.8, 4) is 5.88 Å². The molecule has 5 nitrogen and oxygen atoms in total. The van der Waals surface area contributed by atoms with E-state index < -0.39 is 24.7 Å². The first-order chi connectivity index (χ1) is 9.31. The molecule has 20 heavy (non-hydrogen) atoms. The summed E-state index contributed by atoms with van der Waals surface area (Å²) >= 11 is 0. The maximum atomic E-state index is 12.0. The van der Waals surface area contributed by atoms with Crippen LogP contribution >= 0.6 is 0 Å². The van der Waals surface area contributed by atoms with Crippen molar-refractivity contribution < 1.29 is 22.7 Å². The van der Waals surface area contributed by atoms with E-state index in [-0.39, 0.29) is 0 Å². The summed E-state index contributed by atoms with van der Waals surface area (Å²) in [5.41, 5.74) is 0.812. The molecule has 0 aliphatic heterocycles. The third-order valence-electron chi connectivity index (χ3n) is 2.48. The lowest BCUT2D eigenvalue weighted by Crippen LogP contribution is -2.44. The van der Waals surface area contributed by atoms with Gasteiger partial charge >= 0.3 is 6.18 Å². The van der Waals surface area contributed by atoms with Crippen molar-refractivity contribution in [2.24, 2.45) is 0 Å². The van der Waals surface area contributed by atoms with E-state index in [4.69, 9.17) is 4.74 Å². The number of ether oxygens (including phenoxy) is 1. The van der Waals surface area contributed by atoms with E-state index in [1.54, 1.807) is 18.3 Å². The number of carbonyl (C=O) groups is 1. The average Bonchev–Trinajstić information content (AvgIpc) is 2.41. The predicted octanol–water partition coefficient (Wildman–Crippen LogP) is 1.25. The fourth-order valence-electron chi connectivity index (χ4n) is 1.38. The van der Waals surface area contributed by atoms with Crippen LogP contribution in [0.3, 0.4) is 0 Å². The van der Waals surface area contributed by atoms with Gasteiger partial charge in [-0.2, -0.15) is 13.2 Å². The Bertz CT molecular complexity index is 452. The highest BCUT2D eigenvalue weighted by Crippen LogP contribution is 2.12. The van der Waals surface area contributed by atoms with Gasteiger partial charge in [0.2, 0.25) is 11.8 Å². The second-order valence-electron chi connectivity index (χ2n) is 4.14. The molecule has 0 saturated carbocycles. The topological polar surface area (TPSA) is 63.2 Å². The van der Waals surface area contributed by atoms with Crippen molar-refractivity contribution >= 4 is 5.91 Å². The van der Waals surface area contributed by atoms with Crippen LogP contribution in [0.1, 0.15) is 12.5 Å². The van der Waals surface area contributed by atoms with Crippen LogP contribution in [-0.2, 0) is 11.3 Å². The molecule has 1 aromatic heterocycles. The van der Waals surface area contributed by atoms with Gasteiger partial charge in [-0.05, 0) is 18.6 Å². The van der Waals surface area contributed by atoms with Gasteiger partial charge in [-0.1, -0.05) is 0 Å². The fourth-order valence-corrected chi connectivity index (χ4v) is 1.38. The molecule has 0 aliphatic rings. The van der Waals surface area contributed by atoms with Crippen LogP contribution in [0.5, 0.6) is 5.88 Å². The molecule has 1 unspecified atom stereocenters. The summed E-state index contributed by atoms with van der Waals surface area (Å²) in [6, 6.07) is 2.65. The van der Waals surface area contributed by atoms with Gasteiger partial charge < -0.3 is 15.4 Å². The molecule has 0 spiro atoms. The lowest BCUT2D eigenvalue weighted by Gasteiger charge is -2.15. The molecular formula is C12H16F3N3O2. The van der Waals surface area contributed by atoms with E-state index in [2.05, 4.69) is 10.3 Å². The third kappa shape index (κ3) is 5.87. The summed E-state index contributed by atoms with van der Waals surface area (Å²) in [5.74, 6) is -0.276. The Morgan fingerprint density at radius 2 is 2.20 bits per heavy atom. The zero-order valence-electron chi connectivity index (χ0n) is 11.1. The molecule has 8 heteroatoms. The summed E-state index contributed by atoms with van der Waals surface area (Å²) in [7, 11) is 1.48. The van der Waals surface area contributed by atoms with Crippen molar-refractivity contribution in [3.63, 3.8) is 0 Å². The molecule has 1 amide bonds. The standard InChI is InChI=1S/C12H16F3N3O2/c1-8(11(19)18-7-12(13,14)15)17-6-9-3-4-16-10(5-9)20-2/h3-5,8,17H,6-7H2,1-2H3,(H,18,19). The highest BCUT2D eigenvalue weighted by molar-refractivity contribution is 5.81. The van der Waals surface area contributed by atoms with Crippen molar-refractivity contribution in [2.75, 3.05) is 13.7 Å². The number of amides is 1. The maximum absolute atomic E-state index is 12.0. The Balaban J connectivity index is 2.42. The Morgan fingerprint density at radius 1 is 1.50 bits per heavy atom. The second-order valence-corrected chi connectivity index (χ2v) is 4.14.